The van der Waals surface area contributed by atoms with Gasteiger partial charge in [0, 0.05) is 26.2 Å². The van der Waals surface area contributed by atoms with Crippen molar-refractivity contribution in [3.05, 3.63) is 15.0 Å². The number of rotatable bonds is 1. The summed E-state index contributed by atoms with van der Waals surface area (Å²) in [6.45, 7) is 1.59. The number of hydrogen-bond donors (Lipinski definition) is 1. The van der Waals surface area contributed by atoms with Crippen LogP contribution in [0, 0.1) is 0 Å². The SMILES string of the molecule is O=C(O)N1CCN(C(=O)c2cnc(Br)s2)CC1. The fraction of sp³-hybridized carbons (Fsp3) is 0.444. The van der Waals surface area contributed by atoms with Crippen molar-refractivity contribution in [2.45, 2.75) is 0 Å². The van der Waals surface area contributed by atoms with Gasteiger partial charge in [0.2, 0.25) is 0 Å². The van der Waals surface area contributed by atoms with Crippen LogP contribution in [-0.4, -0.2) is 58.1 Å². The first-order chi connectivity index (χ1) is 8.08. The Balaban J connectivity index is 1.97. The van der Waals surface area contributed by atoms with E-state index < -0.39 is 6.09 Å². The molecule has 0 atom stereocenters. The molecule has 1 aromatic rings. The Morgan fingerprint density at radius 1 is 1.29 bits per heavy atom. The quantitative estimate of drug-likeness (QED) is 0.847. The van der Waals surface area contributed by atoms with Crippen molar-refractivity contribution in [2.24, 2.45) is 0 Å². The fourth-order valence-electron chi connectivity index (χ4n) is 1.61. The summed E-state index contributed by atoms with van der Waals surface area (Å²) in [5.74, 6) is -0.0850. The van der Waals surface area contributed by atoms with Gasteiger partial charge in [-0.1, -0.05) is 0 Å². The number of carbonyl (C=O) groups is 2. The van der Waals surface area contributed by atoms with Gasteiger partial charge in [0.15, 0.2) is 3.92 Å². The first-order valence-corrected chi connectivity index (χ1v) is 6.57. The Kier molecular flexibility index (Phi) is 3.63. The van der Waals surface area contributed by atoms with Crippen molar-refractivity contribution in [1.29, 1.82) is 0 Å². The molecule has 8 heteroatoms. The summed E-state index contributed by atoms with van der Waals surface area (Å²) < 4.78 is 0.671. The number of halogens is 1. The summed E-state index contributed by atoms with van der Waals surface area (Å²) in [4.78, 5) is 30.2. The highest BCUT2D eigenvalue weighted by atomic mass is 79.9. The van der Waals surface area contributed by atoms with Gasteiger partial charge in [0.25, 0.3) is 5.91 Å². The molecule has 17 heavy (non-hydrogen) atoms. The predicted octanol–water partition coefficient (Wildman–Crippen LogP) is 1.34. The van der Waals surface area contributed by atoms with Crippen LogP contribution in [0.25, 0.3) is 0 Å². The summed E-state index contributed by atoms with van der Waals surface area (Å²) in [7, 11) is 0. The molecule has 0 radical (unpaired) electrons. The number of amides is 2. The molecular formula is C9H10BrN3O3S. The molecule has 6 nitrogen and oxygen atoms in total. The van der Waals surface area contributed by atoms with Crippen LogP contribution < -0.4 is 0 Å². The second kappa shape index (κ2) is 5.01. The zero-order valence-corrected chi connectivity index (χ0v) is 11.2. The van der Waals surface area contributed by atoms with Crippen molar-refractivity contribution < 1.29 is 14.7 Å². The first kappa shape index (κ1) is 12.3. The number of aromatic nitrogens is 1. The van der Waals surface area contributed by atoms with Crippen LogP contribution in [-0.2, 0) is 0 Å². The highest BCUT2D eigenvalue weighted by molar-refractivity contribution is 9.11. The smallest absolute Gasteiger partial charge is 0.407 e. The molecule has 2 heterocycles. The molecule has 0 aromatic carbocycles. The standard InChI is InChI=1S/C9H10BrN3O3S/c10-8-11-5-6(17-8)7(14)12-1-3-13(4-2-12)9(15)16/h5H,1-4H2,(H,15,16). The summed E-state index contributed by atoms with van der Waals surface area (Å²) in [6, 6.07) is 0. The second-order valence-electron chi connectivity index (χ2n) is 3.54. The molecule has 1 aromatic heterocycles. The van der Waals surface area contributed by atoms with Gasteiger partial charge in [0.05, 0.1) is 6.20 Å². The maximum Gasteiger partial charge on any atom is 0.407 e. The van der Waals surface area contributed by atoms with E-state index in [-0.39, 0.29) is 5.91 Å². The molecular weight excluding hydrogens is 310 g/mol. The highest BCUT2D eigenvalue weighted by Gasteiger charge is 2.25. The Hall–Kier alpha value is -1.15. The van der Waals surface area contributed by atoms with Gasteiger partial charge in [-0.15, -0.1) is 11.3 Å². The summed E-state index contributed by atoms with van der Waals surface area (Å²) >= 11 is 4.48. The number of nitrogens with zero attached hydrogens (tertiary/aromatic N) is 3. The number of hydrogen-bond acceptors (Lipinski definition) is 4. The third-order valence-corrected chi connectivity index (χ3v) is 3.99. The van der Waals surface area contributed by atoms with E-state index >= 15 is 0 Å². The molecule has 1 saturated heterocycles. The second-order valence-corrected chi connectivity index (χ2v) is 5.85. The maximum atomic E-state index is 12.0. The Morgan fingerprint density at radius 3 is 2.35 bits per heavy atom. The van der Waals surface area contributed by atoms with Crippen LogP contribution in [0.3, 0.4) is 0 Å². The Bertz CT molecular complexity index is 442. The molecule has 92 valence electrons. The maximum absolute atomic E-state index is 12.0. The molecule has 0 unspecified atom stereocenters. The minimum Gasteiger partial charge on any atom is -0.465 e. The number of piperazine rings is 1. The Morgan fingerprint density at radius 2 is 1.88 bits per heavy atom. The van der Waals surface area contributed by atoms with Crippen LogP contribution in [0.15, 0.2) is 10.1 Å². The van der Waals surface area contributed by atoms with Gasteiger partial charge in [-0.2, -0.15) is 0 Å². The zero-order valence-electron chi connectivity index (χ0n) is 8.80. The molecule has 0 aliphatic carbocycles. The van der Waals surface area contributed by atoms with E-state index in [0.717, 1.165) is 0 Å². The molecule has 1 aliphatic heterocycles. The van der Waals surface area contributed by atoms with Gasteiger partial charge in [-0.25, -0.2) is 9.78 Å². The van der Waals surface area contributed by atoms with Crippen LogP contribution in [0.2, 0.25) is 0 Å². The van der Waals surface area contributed by atoms with Crippen molar-refractivity contribution >= 4 is 39.3 Å². The third kappa shape index (κ3) is 2.75. The van der Waals surface area contributed by atoms with Crippen molar-refractivity contribution in [1.82, 2.24) is 14.8 Å². The van der Waals surface area contributed by atoms with Crippen LogP contribution in [0.5, 0.6) is 0 Å². The zero-order chi connectivity index (χ0) is 12.4. The number of carboxylic acid groups (broad SMARTS) is 1. The lowest BCUT2D eigenvalue weighted by molar-refractivity contribution is 0.0629. The lowest BCUT2D eigenvalue weighted by atomic mass is 10.3. The van der Waals surface area contributed by atoms with Crippen molar-refractivity contribution in [2.75, 3.05) is 26.2 Å². The number of carbonyl (C=O) groups excluding carboxylic acids is 1. The lowest BCUT2D eigenvalue weighted by Gasteiger charge is -2.32. The average molecular weight is 320 g/mol. The monoisotopic (exact) mass is 319 g/mol. The van der Waals surface area contributed by atoms with E-state index in [1.807, 2.05) is 0 Å². The van der Waals surface area contributed by atoms with Crippen LogP contribution in [0.4, 0.5) is 4.79 Å². The molecule has 1 aliphatic rings. The molecule has 1 fully saturated rings. The minimum atomic E-state index is -0.933. The third-order valence-electron chi connectivity index (χ3n) is 2.53. The topological polar surface area (TPSA) is 73.7 Å². The van der Waals surface area contributed by atoms with Crippen molar-refractivity contribution in [3.63, 3.8) is 0 Å². The molecule has 1 N–H and O–H groups in total. The summed E-state index contributed by atoms with van der Waals surface area (Å²) in [5.41, 5.74) is 0. The van der Waals surface area contributed by atoms with Gasteiger partial charge >= 0.3 is 6.09 Å². The van der Waals surface area contributed by atoms with Crippen LogP contribution in [0.1, 0.15) is 9.67 Å². The van der Waals surface area contributed by atoms with Gasteiger partial charge in [0.1, 0.15) is 4.88 Å². The van der Waals surface area contributed by atoms with E-state index in [4.69, 9.17) is 5.11 Å². The van der Waals surface area contributed by atoms with Crippen molar-refractivity contribution in [3.8, 4) is 0 Å². The van der Waals surface area contributed by atoms with Gasteiger partial charge < -0.3 is 14.9 Å². The molecule has 0 bridgehead atoms. The van der Waals surface area contributed by atoms with E-state index in [1.165, 1.54) is 22.4 Å². The summed E-state index contributed by atoms with van der Waals surface area (Å²) in [5, 5.41) is 8.79. The van der Waals surface area contributed by atoms with E-state index in [1.54, 1.807) is 4.90 Å². The highest BCUT2D eigenvalue weighted by Crippen LogP contribution is 2.20. The van der Waals surface area contributed by atoms with E-state index in [0.29, 0.717) is 35.0 Å². The molecule has 2 rings (SSSR count). The predicted molar refractivity (Wildman–Crippen MR) is 65.3 cm³/mol. The fourth-order valence-corrected chi connectivity index (χ4v) is 2.84. The minimum absolute atomic E-state index is 0.0850. The van der Waals surface area contributed by atoms with Gasteiger partial charge in [-0.3, -0.25) is 4.79 Å². The van der Waals surface area contributed by atoms with E-state index in [9.17, 15) is 9.59 Å². The first-order valence-electron chi connectivity index (χ1n) is 4.96. The average Bonchev–Trinajstić information content (AvgIpc) is 2.75. The molecule has 0 saturated carbocycles. The Labute approximate surface area is 110 Å². The normalized spacial score (nSPS) is 16.1. The lowest BCUT2D eigenvalue weighted by Crippen LogP contribution is -2.50. The van der Waals surface area contributed by atoms with E-state index in [2.05, 4.69) is 20.9 Å². The summed E-state index contributed by atoms with van der Waals surface area (Å²) in [6.07, 6.45) is 0.596. The largest absolute Gasteiger partial charge is 0.465 e. The number of thiazole rings is 1. The molecule has 0 spiro atoms. The molecule has 2 amide bonds. The van der Waals surface area contributed by atoms with Gasteiger partial charge in [-0.05, 0) is 15.9 Å². The van der Waals surface area contributed by atoms with Crippen LogP contribution >= 0.6 is 27.3 Å².